The molecule has 0 aliphatic heterocycles. The van der Waals surface area contributed by atoms with Crippen molar-refractivity contribution in [2.45, 2.75) is 79.1 Å². The van der Waals surface area contributed by atoms with E-state index in [1.807, 2.05) is 30.3 Å². The van der Waals surface area contributed by atoms with Crippen LogP contribution in [0.2, 0.25) is 10.0 Å². The van der Waals surface area contributed by atoms with Gasteiger partial charge in [-0.2, -0.15) is 6.08 Å². The molecule has 0 amide bonds. The molecule has 0 bridgehead atoms. The Morgan fingerprint density at radius 2 is 1.09 bits per heavy atom. The van der Waals surface area contributed by atoms with Crippen LogP contribution in [-0.2, 0) is 33.1 Å². The Bertz CT molecular complexity index is 2140. The zero-order chi connectivity index (χ0) is 36.5. The van der Waals surface area contributed by atoms with Crippen LogP contribution in [-0.4, -0.2) is 7.42 Å². The molecule has 8 rings (SSSR count). The van der Waals surface area contributed by atoms with Crippen molar-refractivity contribution in [3.63, 3.8) is 0 Å². The number of halogens is 4. The molecule has 0 saturated carbocycles. The predicted octanol–water partition coefficient (Wildman–Crippen LogP) is 7.91. The van der Waals surface area contributed by atoms with Gasteiger partial charge >= 0.3 is 123 Å². The molecule has 3 aliphatic carbocycles. The normalized spacial score (nSPS) is 17.1. The molecule has 5 aromatic rings. The average molecular weight is 858 g/mol. The maximum absolute atomic E-state index is 5.84. The third-order valence-electron chi connectivity index (χ3n) is 10.5. The van der Waals surface area contributed by atoms with Crippen molar-refractivity contribution in [1.82, 2.24) is 0 Å². The quantitative estimate of drug-likeness (QED) is 0.159. The van der Waals surface area contributed by atoms with Gasteiger partial charge in [-0.25, -0.2) is 11.6 Å². The van der Waals surface area contributed by atoms with E-state index in [4.69, 9.17) is 23.2 Å². The van der Waals surface area contributed by atoms with Gasteiger partial charge in [-0.3, -0.25) is 6.08 Å². The van der Waals surface area contributed by atoms with Gasteiger partial charge in [-0.05, 0) is 59.8 Å². The second kappa shape index (κ2) is 18.0. The van der Waals surface area contributed by atoms with Crippen molar-refractivity contribution in [3.05, 3.63) is 158 Å². The van der Waals surface area contributed by atoms with Crippen molar-refractivity contribution in [2.75, 3.05) is 0 Å². The zero-order valence-electron chi connectivity index (χ0n) is 32.0. The van der Waals surface area contributed by atoms with Gasteiger partial charge in [-0.15, -0.1) is 46.7 Å². The molecular formula is C48H48Cl4Zr-4. The summed E-state index contributed by atoms with van der Waals surface area (Å²) in [6, 6.07) is 28.2. The van der Waals surface area contributed by atoms with Gasteiger partial charge in [0.15, 0.2) is 0 Å². The van der Waals surface area contributed by atoms with Crippen LogP contribution in [0.4, 0.5) is 0 Å². The van der Waals surface area contributed by atoms with Gasteiger partial charge in [0.05, 0.1) is 0 Å². The van der Waals surface area contributed by atoms with Gasteiger partial charge < -0.3 is 24.8 Å². The summed E-state index contributed by atoms with van der Waals surface area (Å²) in [6.45, 7) is 18.3. The van der Waals surface area contributed by atoms with E-state index in [0.717, 1.165) is 22.9 Å². The molecule has 5 heteroatoms. The molecule has 0 N–H and O–H groups in total. The Morgan fingerprint density at radius 1 is 0.679 bits per heavy atom. The first-order valence-corrected chi connectivity index (χ1v) is 21.6. The summed E-state index contributed by atoms with van der Waals surface area (Å²) in [7, 11) is 0. The first-order valence-electron chi connectivity index (χ1n) is 18.0. The summed E-state index contributed by atoms with van der Waals surface area (Å²) in [4.78, 5) is 0. The topological polar surface area (TPSA) is 0 Å². The van der Waals surface area contributed by atoms with E-state index < -0.39 is 22.3 Å². The minimum atomic E-state index is -0.623. The molecule has 3 aliphatic rings. The van der Waals surface area contributed by atoms with Crippen molar-refractivity contribution >= 4 is 63.3 Å². The number of rotatable bonds is 2. The maximum Gasteiger partial charge on any atom is -1.00 e. The molecule has 0 saturated heterocycles. The van der Waals surface area contributed by atoms with Crippen molar-refractivity contribution < 1.29 is 47.1 Å². The summed E-state index contributed by atoms with van der Waals surface area (Å²) in [5.74, 6) is 0.556. The van der Waals surface area contributed by atoms with Crippen LogP contribution in [0, 0.1) is 12.0 Å². The van der Waals surface area contributed by atoms with E-state index in [1.54, 1.807) is 0 Å². The number of allylic oxidation sites excluding steroid dienone is 8. The molecular weight excluding hydrogens is 810 g/mol. The Hall–Kier alpha value is -2.51. The van der Waals surface area contributed by atoms with Crippen LogP contribution < -0.4 is 24.8 Å². The molecule has 0 radical (unpaired) electrons. The number of hydrogen-bond donors (Lipinski definition) is 0. The van der Waals surface area contributed by atoms with E-state index in [9.17, 15) is 0 Å². The fraction of sp³-hybridized carbons (Fsp3) is 0.271. The van der Waals surface area contributed by atoms with E-state index >= 15 is 0 Å². The first-order chi connectivity index (χ1) is 24.2. The van der Waals surface area contributed by atoms with Gasteiger partial charge in [0.25, 0.3) is 0 Å². The second-order valence-corrected chi connectivity index (χ2v) is 18.7. The van der Waals surface area contributed by atoms with E-state index in [0.29, 0.717) is 5.92 Å². The number of hydrogen-bond acceptors (Lipinski definition) is 0. The molecule has 5 aromatic carbocycles. The van der Waals surface area contributed by atoms with Gasteiger partial charge in [0, 0.05) is 0 Å². The Morgan fingerprint density at radius 3 is 1.43 bits per heavy atom. The van der Waals surface area contributed by atoms with Crippen LogP contribution in [0.1, 0.15) is 102 Å². The van der Waals surface area contributed by atoms with Crippen molar-refractivity contribution in [2.24, 2.45) is 5.92 Å². The summed E-state index contributed by atoms with van der Waals surface area (Å²) >= 11 is 11.0. The first kappa shape index (κ1) is 43.2. The fourth-order valence-corrected chi connectivity index (χ4v) is 9.59. The molecule has 0 aromatic heterocycles. The van der Waals surface area contributed by atoms with Crippen LogP contribution in [0.5, 0.6) is 0 Å². The smallest absolute Gasteiger partial charge is 1.00 e. The van der Waals surface area contributed by atoms with Crippen LogP contribution in [0.15, 0.2) is 109 Å². The Balaban J connectivity index is 0.000000207. The summed E-state index contributed by atoms with van der Waals surface area (Å²) in [6.07, 6.45) is 14.5. The van der Waals surface area contributed by atoms with Crippen LogP contribution in [0.25, 0.3) is 32.7 Å². The fourth-order valence-electron chi connectivity index (χ4n) is 7.24. The summed E-state index contributed by atoms with van der Waals surface area (Å²) in [5.41, 5.74) is 13.0. The third-order valence-corrected chi connectivity index (χ3v) is 13.4. The maximum atomic E-state index is 5.84. The largest absolute Gasteiger partial charge is 1.00 e. The summed E-state index contributed by atoms with van der Waals surface area (Å²) < 4.78 is 4.66. The third kappa shape index (κ3) is 10.2. The Labute approximate surface area is 350 Å². The molecule has 0 nitrogen and oxygen atoms in total. The van der Waals surface area contributed by atoms with Crippen molar-refractivity contribution in [1.29, 1.82) is 0 Å². The van der Waals surface area contributed by atoms with Gasteiger partial charge in [0.1, 0.15) is 0 Å². The Kier molecular flexibility index (Phi) is 14.7. The zero-order valence-corrected chi connectivity index (χ0v) is 37.5. The van der Waals surface area contributed by atoms with Gasteiger partial charge in [-0.1, -0.05) is 75.9 Å². The molecule has 1 unspecified atom stereocenters. The number of benzene rings is 4. The number of fused-ring (bicyclic) bond motifs is 5. The molecule has 0 fully saturated rings. The molecule has 276 valence electrons. The van der Waals surface area contributed by atoms with Gasteiger partial charge in [0.2, 0.25) is 0 Å². The van der Waals surface area contributed by atoms with E-state index in [-0.39, 0.29) is 35.6 Å². The summed E-state index contributed by atoms with van der Waals surface area (Å²) in [5, 5.41) is 7.19. The monoisotopic (exact) mass is 854 g/mol. The SMILES string of the molecule is CC1=CC(C)[C-]=C1.CC1=CCC(C)(C)c2cc3[cH-]c4cc5c(cc4c3cc21)C(C)=CCC5(C)C.Clc1ccc([CH]=[Zr]=[CH]c2ccc(Cl)cc2)cc1.[Cl-].[Cl-]. The molecule has 0 spiro atoms. The van der Waals surface area contributed by atoms with Crippen LogP contribution >= 0.6 is 23.2 Å². The minimum absolute atomic E-state index is 0. The second-order valence-electron chi connectivity index (χ2n) is 15.6. The average Bonchev–Trinajstić information content (AvgIpc) is 3.66. The molecule has 1 atom stereocenters. The minimum Gasteiger partial charge on any atom is -1.00 e. The van der Waals surface area contributed by atoms with Crippen LogP contribution in [0.3, 0.4) is 0 Å². The molecule has 0 heterocycles. The molecule has 53 heavy (non-hydrogen) atoms. The van der Waals surface area contributed by atoms with E-state index in [1.165, 1.54) is 71.6 Å². The standard InChI is InChI=1S/C27H29.2C7H5Cl.C7H9.2ClH.Zr/c1-16-7-9-26(3,4)24-12-18-11-19-13-25-21(17(2)8-10-27(25,5)6)15-23(19)22(18)14-20(16)24;2*1-6-2-4-7(8)5-3-6;1-6-3-4-7(2)5-6;;;/h7-8,11-15H,9-10H2,1-6H3;2*1-5H;3,5,7H,1-2H3;2*1H;/q-1;;;-1;;;/p-2. The van der Waals surface area contributed by atoms with Crippen molar-refractivity contribution in [3.8, 4) is 0 Å². The van der Waals surface area contributed by atoms with E-state index in [2.05, 4.69) is 142 Å². The predicted molar refractivity (Wildman–Crippen MR) is 224 cm³/mol.